The Labute approximate surface area is 216 Å². The van der Waals surface area contributed by atoms with Crippen LogP contribution in [-0.2, 0) is 19.0 Å². The highest BCUT2D eigenvalue weighted by molar-refractivity contribution is 5.42. The maximum absolute atomic E-state index is 8.58. The lowest BCUT2D eigenvalue weighted by Gasteiger charge is -2.34. The molecule has 2 saturated carbocycles. The first-order valence-corrected chi connectivity index (χ1v) is 13.1. The summed E-state index contributed by atoms with van der Waals surface area (Å²) in [7, 11) is 7.16. The van der Waals surface area contributed by atoms with E-state index in [4.69, 9.17) is 24.7 Å². The number of allylic oxidation sites excluding steroid dienone is 1. The molecule has 0 aromatic carbocycles. The molecule has 210 valence electrons. The zero-order valence-corrected chi connectivity index (χ0v) is 24.3. The van der Waals surface area contributed by atoms with Gasteiger partial charge in [-0.3, -0.25) is 4.79 Å². The van der Waals surface area contributed by atoms with Crippen molar-refractivity contribution in [2.75, 3.05) is 54.6 Å². The Bertz CT molecular complexity index is 529. The van der Waals surface area contributed by atoms with Crippen LogP contribution in [0.3, 0.4) is 0 Å². The SMILES string of the molecule is CC1(N)CC1.CNCCN(CC(C)C1CCCCC1)/C(C)=C(/COC)OC.COC(C)C.NC=O. The van der Waals surface area contributed by atoms with Gasteiger partial charge in [-0.1, -0.05) is 39.0 Å². The van der Waals surface area contributed by atoms with Crippen molar-refractivity contribution >= 4 is 6.41 Å². The largest absolute Gasteiger partial charge is 0.497 e. The van der Waals surface area contributed by atoms with Crippen molar-refractivity contribution < 1.29 is 19.0 Å². The summed E-state index contributed by atoms with van der Waals surface area (Å²) in [5, 5.41) is 3.26. The normalized spacial score (nSPS) is 17.8. The quantitative estimate of drug-likeness (QED) is 0.290. The molecular weight excluding hydrogens is 444 g/mol. The van der Waals surface area contributed by atoms with Crippen molar-refractivity contribution in [1.82, 2.24) is 10.2 Å². The van der Waals surface area contributed by atoms with E-state index >= 15 is 0 Å². The van der Waals surface area contributed by atoms with Crippen molar-refractivity contribution in [1.29, 1.82) is 0 Å². The number of rotatable bonds is 11. The summed E-state index contributed by atoms with van der Waals surface area (Å²) in [6.07, 6.45) is 10.1. The molecule has 0 bridgehead atoms. The average Bonchev–Trinajstić information content (AvgIpc) is 3.55. The van der Waals surface area contributed by atoms with E-state index in [0.717, 1.165) is 37.2 Å². The lowest BCUT2D eigenvalue weighted by Crippen LogP contribution is -2.36. The van der Waals surface area contributed by atoms with Gasteiger partial charge in [-0.25, -0.2) is 0 Å². The standard InChI is InChI=1S/C18H36N2O2.C4H9N.C4H10O.CH3NO/c1-15(17-9-7-6-8-10-17)13-20(12-11-19-3)16(2)18(22-5)14-21-4;1-4(5)2-3-4;1-4(2)5-3;2-1-3/h15,17,19H,6-14H2,1-5H3;2-3,5H2,1H3;4H,1-3H3;1H,(H2,2,3)/b18-16-;;;. The van der Waals surface area contributed by atoms with Gasteiger partial charge < -0.3 is 35.9 Å². The van der Waals surface area contributed by atoms with Gasteiger partial charge in [0.2, 0.25) is 6.41 Å². The van der Waals surface area contributed by atoms with Crippen LogP contribution in [0, 0.1) is 11.8 Å². The van der Waals surface area contributed by atoms with Gasteiger partial charge in [-0.05, 0) is 59.4 Å². The molecule has 1 unspecified atom stereocenters. The smallest absolute Gasteiger partial charge is 0.204 e. The fraction of sp³-hybridized carbons (Fsp3) is 0.889. The number of amides is 1. The van der Waals surface area contributed by atoms with Crippen LogP contribution in [0.4, 0.5) is 0 Å². The van der Waals surface area contributed by atoms with E-state index < -0.39 is 0 Å². The first-order chi connectivity index (χ1) is 16.5. The second-order valence-electron chi connectivity index (χ2n) is 10.1. The third-order valence-corrected chi connectivity index (χ3v) is 6.50. The molecule has 0 aromatic heterocycles. The van der Waals surface area contributed by atoms with Gasteiger partial charge in [0.25, 0.3) is 0 Å². The molecule has 0 aliphatic heterocycles. The van der Waals surface area contributed by atoms with Crippen LogP contribution in [-0.4, -0.2) is 77.6 Å². The number of nitrogens with one attached hydrogen (secondary N) is 1. The molecule has 0 heterocycles. The zero-order valence-electron chi connectivity index (χ0n) is 24.3. The Morgan fingerprint density at radius 3 is 1.97 bits per heavy atom. The number of likely N-dealkylation sites (N-methyl/N-ethyl adjacent to an activating group) is 1. The Morgan fingerprint density at radius 1 is 1.14 bits per heavy atom. The van der Waals surface area contributed by atoms with E-state index in [2.05, 4.69) is 36.7 Å². The van der Waals surface area contributed by atoms with Crippen LogP contribution in [0.15, 0.2) is 11.5 Å². The van der Waals surface area contributed by atoms with E-state index in [1.54, 1.807) is 21.3 Å². The number of nitrogens with zero attached hydrogens (tertiary/aromatic N) is 1. The van der Waals surface area contributed by atoms with Crippen molar-refractivity contribution in [3.8, 4) is 0 Å². The number of methoxy groups -OCH3 is 3. The molecule has 5 N–H and O–H groups in total. The van der Waals surface area contributed by atoms with Gasteiger partial charge in [-0.2, -0.15) is 0 Å². The van der Waals surface area contributed by atoms with Gasteiger partial charge in [0, 0.05) is 39.4 Å². The molecule has 2 fully saturated rings. The average molecular weight is 503 g/mol. The second kappa shape index (κ2) is 21.9. The minimum Gasteiger partial charge on any atom is -0.497 e. The molecule has 2 aliphatic carbocycles. The lowest BCUT2D eigenvalue weighted by atomic mass is 9.80. The molecule has 35 heavy (non-hydrogen) atoms. The number of primary amides is 1. The number of carbonyl (C=O) groups is 1. The number of ether oxygens (including phenoxy) is 3. The summed E-state index contributed by atoms with van der Waals surface area (Å²) in [5.41, 5.74) is 11.1. The second-order valence-corrected chi connectivity index (χ2v) is 10.1. The maximum Gasteiger partial charge on any atom is 0.204 e. The van der Waals surface area contributed by atoms with E-state index in [1.807, 2.05) is 20.9 Å². The summed E-state index contributed by atoms with van der Waals surface area (Å²) < 4.78 is 15.5. The Morgan fingerprint density at radius 2 is 1.63 bits per heavy atom. The van der Waals surface area contributed by atoms with E-state index in [1.165, 1.54) is 50.6 Å². The fourth-order valence-electron chi connectivity index (χ4n) is 3.66. The first kappa shape index (κ1) is 35.8. The Kier molecular flexibility index (Phi) is 22.4. The van der Waals surface area contributed by atoms with Gasteiger partial charge in [-0.15, -0.1) is 0 Å². The van der Waals surface area contributed by atoms with Crippen molar-refractivity contribution in [2.24, 2.45) is 23.3 Å². The van der Waals surface area contributed by atoms with Crippen LogP contribution in [0.5, 0.6) is 0 Å². The summed E-state index contributed by atoms with van der Waals surface area (Å²) in [6.45, 7) is 14.3. The van der Waals surface area contributed by atoms with Crippen molar-refractivity contribution in [3.05, 3.63) is 11.5 Å². The van der Waals surface area contributed by atoms with Crippen molar-refractivity contribution in [2.45, 2.75) is 91.2 Å². The number of nitrogens with two attached hydrogens (primary N) is 2. The molecular formula is C27H58N4O4. The third kappa shape index (κ3) is 20.5. The molecule has 8 heteroatoms. The van der Waals surface area contributed by atoms with Crippen molar-refractivity contribution in [3.63, 3.8) is 0 Å². The van der Waals surface area contributed by atoms with Crippen LogP contribution in [0.25, 0.3) is 0 Å². The van der Waals surface area contributed by atoms with Crippen LogP contribution >= 0.6 is 0 Å². The number of carbonyl (C=O) groups excluding carboxylic acids is 1. The highest BCUT2D eigenvalue weighted by atomic mass is 16.5. The topological polar surface area (TPSA) is 112 Å². The van der Waals surface area contributed by atoms with E-state index in [-0.39, 0.29) is 11.9 Å². The summed E-state index contributed by atoms with van der Waals surface area (Å²) in [5.74, 6) is 2.55. The Hall–Kier alpha value is -1.35. The molecule has 0 saturated heterocycles. The molecule has 0 radical (unpaired) electrons. The van der Waals surface area contributed by atoms with Gasteiger partial charge in [0.05, 0.1) is 18.9 Å². The number of hydrogen-bond acceptors (Lipinski definition) is 7. The van der Waals surface area contributed by atoms with Gasteiger partial charge in [0.15, 0.2) is 0 Å². The fourth-order valence-corrected chi connectivity index (χ4v) is 3.66. The lowest BCUT2D eigenvalue weighted by molar-refractivity contribution is -0.106. The minimum atomic E-state index is 0.250. The minimum absolute atomic E-state index is 0.250. The first-order valence-electron chi connectivity index (χ1n) is 13.1. The third-order valence-electron chi connectivity index (χ3n) is 6.50. The van der Waals surface area contributed by atoms with E-state index in [0.29, 0.717) is 12.7 Å². The van der Waals surface area contributed by atoms with Crippen LogP contribution in [0.2, 0.25) is 0 Å². The predicted molar refractivity (Wildman–Crippen MR) is 147 cm³/mol. The van der Waals surface area contributed by atoms with Gasteiger partial charge >= 0.3 is 0 Å². The molecule has 2 aliphatic rings. The number of hydrogen-bond donors (Lipinski definition) is 3. The van der Waals surface area contributed by atoms with Gasteiger partial charge in [0.1, 0.15) is 12.4 Å². The zero-order chi connectivity index (χ0) is 27.3. The highest BCUT2D eigenvalue weighted by Gasteiger charge is 2.31. The highest BCUT2D eigenvalue weighted by Crippen LogP contribution is 2.31. The predicted octanol–water partition coefficient (Wildman–Crippen LogP) is 3.89. The molecule has 0 aromatic rings. The Balaban J connectivity index is 0. The van der Waals surface area contributed by atoms with Crippen LogP contribution in [0.1, 0.15) is 79.6 Å². The summed E-state index contributed by atoms with van der Waals surface area (Å²) >= 11 is 0. The summed E-state index contributed by atoms with van der Waals surface area (Å²) in [4.78, 5) is 11.0. The summed E-state index contributed by atoms with van der Waals surface area (Å²) in [6, 6.07) is 0. The molecule has 8 nitrogen and oxygen atoms in total. The molecule has 1 amide bonds. The van der Waals surface area contributed by atoms with E-state index in [9.17, 15) is 0 Å². The monoisotopic (exact) mass is 502 g/mol. The maximum atomic E-state index is 8.58. The molecule has 1 atom stereocenters. The van der Waals surface area contributed by atoms with Crippen LogP contribution < -0.4 is 16.8 Å². The molecule has 0 spiro atoms. The molecule has 2 rings (SSSR count).